The minimum Gasteiger partial charge on any atom is -0.497 e. The molecule has 0 aliphatic carbocycles. The fraction of sp³-hybridized carbons (Fsp3) is 0.158. The lowest BCUT2D eigenvalue weighted by Gasteiger charge is -2.09. The van der Waals surface area contributed by atoms with Gasteiger partial charge in [0, 0.05) is 5.70 Å². The second-order valence-corrected chi connectivity index (χ2v) is 5.25. The summed E-state index contributed by atoms with van der Waals surface area (Å²) in [6, 6.07) is 16.2. The molecule has 23 heavy (non-hydrogen) atoms. The summed E-state index contributed by atoms with van der Waals surface area (Å²) in [6.45, 7) is 0. The highest BCUT2D eigenvalue weighted by Gasteiger charge is 2.14. The largest absolute Gasteiger partial charge is 0.497 e. The van der Waals surface area contributed by atoms with Gasteiger partial charge in [0.25, 0.3) is 0 Å². The molecule has 0 fully saturated rings. The first-order chi connectivity index (χ1) is 11.3. The van der Waals surface area contributed by atoms with Crippen LogP contribution in [0.1, 0.15) is 17.2 Å². The Bertz CT molecular complexity index is 703. The van der Waals surface area contributed by atoms with Crippen molar-refractivity contribution in [2.24, 2.45) is 0 Å². The van der Waals surface area contributed by atoms with Crippen molar-refractivity contribution in [2.75, 3.05) is 14.2 Å². The van der Waals surface area contributed by atoms with Gasteiger partial charge in [-0.3, -0.25) is 0 Å². The van der Waals surface area contributed by atoms with E-state index in [0.29, 0.717) is 0 Å². The molecule has 118 valence electrons. The van der Waals surface area contributed by atoms with Crippen LogP contribution in [-0.2, 0) is 0 Å². The monoisotopic (exact) mass is 308 g/mol. The molecule has 2 aromatic carbocycles. The molecule has 2 N–H and O–H groups in total. The molecule has 1 heterocycles. The van der Waals surface area contributed by atoms with Gasteiger partial charge in [-0.05, 0) is 47.5 Å². The summed E-state index contributed by atoms with van der Waals surface area (Å²) < 4.78 is 10.3. The molecule has 0 radical (unpaired) electrons. The Labute approximate surface area is 136 Å². The lowest BCUT2D eigenvalue weighted by Crippen LogP contribution is -2.26. The highest BCUT2D eigenvalue weighted by atomic mass is 16.5. The van der Waals surface area contributed by atoms with Crippen molar-refractivity contribution >= 4 is 6.08 Å². The van der Waals surface area contributed by atoms with E-state index in [1.54, 1.807) is 14.2 Å². The smallest absolute Gasteiger partial charge is 0.118 e. The van der Waals surface area contributed by atoms with E-state index < -0.39 is 0 Å². The van der Waals surface area contributed by atoms with Gasteiger partial charge in [-0.1, -0.05) is 30.3 Å². The van der Waals surface area contributed by atoms with E-state index in [9.17, 15) is 0 Å². The summed E-state index contributed by atoms with van der Waals surface area (Å²) in [6.07, 6.45) is 6.27. The van der Waals surface area contributed by atoms with Crippen LogP contribution in [0.15, 0.2) is 66.4 Å². The van der Waals surface area contributed by atoms with Crippen molar-refractivity contribution in [2.45, 2.75) is 6.04 Å². The molecule has 0 saturated carbocycles. The summed E-state index contributed by atoms with van der Waals surface area (Å²) in [5.74, 6) is 1.73. The zero-order chi connectivity index (χ0) is 16.1. The van der Waals surface area contributed by atoms with Crippen molar-refractivity contribution in [3.63, 3.8) is 0 Å². The molecule has 0 aromatic heterocycles. The fourth-order valence-corrected chi connectivity index (χ4v) is 2.41. The van der Waals surface area contributed by atoms with Crippen LogP contribution in [0.25, 0.3) is 6.08 Å². The van der Waals surface area contributed by atoms with E-state index in [0.717, 1.165) is 22.8 Å². The maximum absolute atomic E-state index is 5.19. The molecule has 1 aliphatic rings. The highest BCUT2D eigenvalue weighted by molar-refractivity contribution is 5.54. The van der Waals surface area contributed by atoms with Crippen molar-refractivity contribution < 1.29 is 9.47 Å². The molecule has 1 atom stereocenters. The average molecular weight is 308 g/mol. The number of hydrazine groups is 1. The second kappa shape index (κ2) is 7.03. The summed E-state index contributed by atoms with van der Waals surface area (Å²) in [5.41, 5.74) is 9.81. The number of hydrogen-bond donors (Lipinski definition) is 2. The molecule has 0 spiro atoms. The Kier molecular flexibility index (Phi) is 4.64. The third kappa shape index (κ3) is 3.73. The average Bonchev–Trinajstić information content (AvgIpc) is 3.09. The molecule has 4 nitrogen and oxygen atoms in total. The molecule has 3 rings (SSSR count). The van der Waals surface area contributed by atoms with Crippen LogP contribution in [0.5, 0.6) is 11.5 Å². The first-order valence-electron chi connectivity index (χ1n) is 7.48. The van der Waals surface area contributed by atoms with Crippen molar-refractivity contribution in [3.8, 4) is 11.5 Å². The normalized spacial score (nSPS) is 17.0. The van der Waals surface area contributed by atoms with Crippen LogP contribution in [0, 0.1) is 0 Å². The number of allylic oxidation sites excluding steroid dienone is 1. The fourth-order valence-electron chi connectivity index (χ4n) is 2.41. The van der Waals surface area contributed by atoms with E-state index in [4.69, 9.17) is 9.47 Å². The number of ether oxygens (including phenoxy) is 2. The van der Waals surface area contributed by atoms with Crippen LogP contribution < -0.4 is 20.3 Å². The van der Waals surface area contributed by atoms with E-state index in [1.165, 1.54) is 5.56 Å². The SMILES string of the molecule is COc1ccc(C=CC2=CC(c3ccc(OC)cc3)NN2)cc1. The summed E-state index contributed by atoms with van der Waals surface area (Å²) in [7, 11) is 3.34. The van der Waals surface area contributed by atoms with Gasteiger partial charge in [-0.15, -0.1) is 0 Å². The summed E-state index contributed by atoms with van der Waals surface area (Å²) in [4.78, 5) is 0. The molecule has 0 amide bonds. The molecule has 0 saturated heterocycles. The van der Waals surface area contributed by atoms with Crippen LogP contribution in [0.3, 0.4) is 0 Å². The Hall–Kier alpha value is -2.72. The van der Waals surface area contributed by atoms with Crippen molar-refractivity contribution in [3.05, 3.63) is 77.5 Å². The molecular formula is C19H20N2O2. The molecule has 0 bridgehead atoms. The number of methoxy groups -OCH3 is 2. The van der Waals surface area contributed by atoms with Gasteiger partial charge < -0.3 is 14.9 Å². The summed E-state index contributed by atoms with van der Waals surface area (Å²) >= 11 is 0. The number of rotatable bonds is 5. The van der Waals surface area contributed by atoms with Crippen LogP contribution in [0.2, 0.25) is 0 Å². The quantitative estimate of drug-likeness (QED) is 0.888. The first kappa shape index (κ1) is 15.2. The topological polar surface area (TPSA) is 42.5 Å². The Morgan fingerprint density at radius 1 is 0.826 bits per heavy atom. The van der Waals surface area contributed by atoms with Gasteiger partial charge in [-0.2, -0.15) is 0 Å². The lowest BCUT2D eigenvalue weighted by molar-refractivity contribution is 0.414. The van der Waals surface area contributed by atoms with Crippen LogP contribution in [-0.4, -0.2) is 14.2 Å². The van der Waals surface area contributed by atoms with Crippen molar-refractivity contribution in [1.29, 1.82) is 0 Å². The Morgan fingerprint density at radius 2 is 1.43 bits per heavy atom. The van der Waals surface area contributed by atoms with Gasteiger partial charge in [-0.25, -0.2) is 5.43 Å². The summed E-state index contributed by atoms with van der Waals surface area (Å²) in [5, 5.41) is 0. The van der Waals surface area contributed by atoms with E-state index >= 15 is 0 Å². The van der Waals surface area contributed by atoms with Gasteiger partial charge in [0.15, 0.2) is 0 Å². The minimum atomic E-state index is 0.149. The highest BCUT2D eigenvalue weighted by Crippen LogP contribution is 2.22. The van der Waals surface area contributed by atoms with Gasteiger partial charge in [0.05, 0.1) is 20.3 Å². The molecule has 1 aliphatic heterocycles. The zero-order valence-electron chi connectivity index (χ0n) is 13.2. The molecular weight excluding hydrogens is 288 g/mol. The number of hydrogen-bond acceptors (Lipinski definition) is 4. The Balaban J connectivity index is 1.67. The maximum atomic E-state index is 5.19. The number of nitrogens with one attached hydrogen (secondary N) is 2. The zero-order valence-corrected chi connectivity index (χ0v) is 13.2. The van der Waals surface area contributed by atoms with E-state index in [-0.39, 0.29) is 6.04 Å². The third-order valence-corrected chi connectivity index (χ3v) is 3.76. The van der Waals surface area contributed by atoms with Crippen LogP contribution >= 0.6 is 0 Å². The van der Waals surface area contributed by atoms with E-state index in [2.05, 4.69) is 41.2 Å². The minimum absolute atomic E-state index is 0.149. The van der Waals surface area contributed by atoms with Gasteiger partial charge in [0.2, 0.25) is 0 Å². The molecule has 4 heteroatoms. The van der Waals surface area contributed by atoms with Gasteiger partial charge in [0.1, 0.15) is 11.5 Å². The van der Waals surface area contributed by atoms with Crippen LogP contribution in [0.4, 0.5) is 0 Å². The van der Waals surface area contributed by atoms with Crippen molar-refractivity contribution in [1.82, 2.24) is 10.9 Å². The molecule has 2 aromatic rings. The first-order valence-corrected chi connectivity index (χ1v) is 7.48. The predicted molar refractivity (Wildman–Crippen MR) is 92.1 cm³/mol. The second-order valence-electron chi connectivity index (χ2n) is 5.25. The number of benzene rings is 2. The Morgan fingerprint density at radius 3 is 2.04 bits per heavy atom. The predicted octanol–water partition coefficient (Wildman–Crippen LogP) is 3.45. The molecule has 1 unspecified atom stereocenters. The lowest BCUT2D eigenvalue weighted by atomic mass is 10.1. The van der Waals surface area contributed by atoms with Gasteiger partial charge >= 0.3 is 0 Å². The maximum Gasteiger partial charge on any atom is 0.118 e. The standard InChI is InChI=1S/C19H20N2O2/c1-22-17-9-4-14(5-10-17)3-8-16-13-19(21-20-16)15-6-11-18(23-2)12-7-15/h3-13,19-21H,1-2H3. The third-order valence-electron chi connectivity index (χ3n) is 3.76. The van der Waals surface area contributed by atoms with E-state index in [1.807, 2.05) is 36.4 Å².